The number of rotatable bonds is 7. The number of esters is 1. The van der Waals surface area contributed by atoms with Gasteiger partial charge in [-0.25, -0.2) is 8.42 Å². The maximum atomic E-state index is 12.3. The maximum Gasteiger partial charge on any atom is 0.321 e. The zero-order valence-corrected chi connectivity index (χ0v) is 17.6. The van der Waals surface area contributed by atoms with Crippen LogP contribution in [-0.4, -0.2) is 39.0 Å². The van der Waals surface area contributed by atoms with Crippen molar-refractivity contribution in [3.8, 4) is 0 Å². The Labute approximate surface area is 167 Å². The van der Waals surface area contributed by atoms with Crippen molar-refractivity contribution in [2.24, 2.45) is 0 Å². The van der Waals surface area contributed by atoms with Crippen LogP contribution in [0.1, 0.15) is 56.6 Å². The van der Waals surface area contributed by atoms with Crippen molar-refractivity contribution < 1.29 is 22.7 Å². The average molecular weight is 411 g/mol. The Balaban J connectivity index is 1.83. The highest BCUT2D eigenvalue weighted by Crippen LogP contribution is 2.17. The quantitative estimate of drug-likeness (QED) is 0.531. The van der Waals surface area contributed by atoms with Gasteiger partial charge in [0.2, 0.25) is 10.0 Å². The minimum absolute atomic E-state index is 0.0857. The standard InChI is InChI=1S/C20H30N2O5S/c1-14-10-11-18(12-15(14)2)28(25,26)21-13-19(23)27-16(3)20(24)22-17-8-6-4-5-7-9-17/h10-12,16-17,21H,4-9,13H2,1-3H3,(H,22,24)/t16-/m0/s1. The van der Waals surface area contributed by atoms with Crippen molar-refractivity contribution in [2.75, 3.05) is 6.54 Å². The average Bonchev–Trinajstić information content (AvgIpc) is 2.91. The molecule has 0 aromatic heterocycles. The molecule has 1 aromatic rings. The topological polar surface area (TPSA) is 102 Å². The van der Waals surface area contributed by atoms with Crippen LogP contribution in [0.15, 0.2) is 23.1 Å². The van der Waals surface area contributed by atoms with Gasteiger partial charge in [0.15, 0.2) is 6.10 Å². The van der Waals surface area contributed by atoms with Gasteiger partial charge in [0.1, 0.15) is 6.54 Å². The van der Waals surface area contributed by atoms with Crippen molar-refractivity contribution in [1.82, 2.24) is 10.0 Å². The first-order chi connectivity index (χ1) is 13.2. The Morgan fingerprint density at radius 1 is 1.11 bits per heavy atom. The molecular formula is C20H30N2O5S. The molecule has 0 heterocycles. The molecule has 0 spiro atoms. The molecule has 0 radical (unpaired) electrons. The second kappa shape index (κ2) is 10.0. The predicted molar refractivity (Wildman–Crippen MR) is 106 cm³/mol. The third kappa shape index (κ3) is 6.60. The number of benzene rings is 1. The fourth-order valence-corrected chi connectivity index (χ4v) is 4.21. The smallest absolute Gasteiger partial charge is 0.321 e. The van der Waals surface area contributed by atoms with Gasteiger partial charge in [-0.05, 0) is 56.9 Å². The second-order valence-electron chi connectivity index (χ2n) is 7.40. The highest BCUT2D eigenvalue weighted by atomic mass is 32.2. The lowest BCUT2D eigenvalue weighted by molar-refractivity contribution is -0.153. The summed E-state index contributed by atoms with van der Waals surface area (Å²) < 4.78 is 31.9. The lowest BCUT2D eigenvalue weighted by Crippen LogP contribution is -2.43. The molecule has 1 aromatic carbocycles. The van der Waals surface area contributed by atoms with Crippen LogP contribution in [0.4, 0.5) is 0 Å². The number of carbonyl (C=O) groups excluding carboxylic acids is 2. The van der Waals surface area contributed by atoms with Crippen molar-refractivity contribution in [1.29, 1.82) is 0 Å². The molecule has 7 nitrogen and oxygen atoms in total. The maximum absolute atomic E-state index is 12.3. The summed E-state index contributed by atoms with van der Waals surface area (Å²) in [5.41, 5.74) is 1.82. The van der Waals surface area contributed by atoms with Crippen LogP contribution in [0.2, 0.25) is 0 Å². The first-order valence-electron chi connectivity index (χ1n) is 9.76. The molecule has 28 heavy (non-hydrogen) atoms. The molecule has 0 unspecified atom stereocenters. The third-order valence-corrected chi connectivity index (χ3v) is 6.47. The second-order valence-corrected chi connectivity index (χ2v) is 9.17. The van der Waals surface area contributed by atoms with Crippen molar-refractivity contribution in [2.45, 2.75) is 76.3 Å². The minimum atomic E-state index is -3.83. The molecule has 1 fully saturated rings. The van der Waals surface area contributed by atoms with Crippen LogP contribution >= 0.6 is 0 Å². The number of hydrogen-bond donors (Lipinski definition) is 2. The van der Waals surface area contributed by atoms with Crippen molar-refractivity contribution >= 4 is 21.9 Å². The van der Waals surface area contributed by atoms with E-state index in [2.05, 4.69) is 10.0 Å². The summed E-state index contributed by atoms with van der Waals surface area (Å²) in [6, 6.07) is 4.85. The van der Waals surface area contributed by atoms with E-state index in [0.29, 0.717) is 0 Å². The molecule has 0 saturated heterocycles. The van der Waals surface area contributed by atoms with E-state index >= 15 is 0 Å². The normalized spacial score (nSPS) is 16.8. The predicted octanol–water partition coefficient (Wildman–Crippen LogP) is 2.35. The summed E-state index contributed by atoms with van der Waals surface area (Å²) in [7, 11) is -3.83. The van der Waals surface area contributed by atoms with Gasteiger partial charge in [0.25, 0.3) is 5.91 Å². The molecular weight excluding hydrogens is 380 g/mol. The molecule has 1 atom stereocenters. The number of nitrogens with one attached hydrogen (secondary N) is 2. The minimum Gasteiger partial charge on any atom is -0.452 e. The first-order valence-corrected chi connectivity index (χ1v) is 11.2. The number of ether oxygens (including phenoxy) is 1. The lowest BCUT2D eigenvalue weighted by atomic mass is 10.1. The number of sulfonamides is 1. The van der Waals surface area contributed by atoms with E-state index in [4.69, 9.17) is 4.74 Å². The Morgan fingerprint density at radius 3 is 2.36 bits per heavy atom. The van der Waals surface area contributed by atoms with E-state index in [1.54, 1.807) is 12.1 Å². The molecule has 8 heteroatoms. The van der Waals surface area contributed by atoms with E-state index in [9.17, 15) is 18.0 Å². The van der Waals surface area contributed by atoms with Crippen LogP contribution in [0.25, 0.3) is 0 Å². The highest BCUT2D eigenvalue weighted by Gasteiger charge is 2.23. The van der Waals surface area contributed by atoms with Gasteiger partial charge >= 0.3 is 5.97 Å². The molecule has 2 N–H and O–H groups in total. The molecule has 0 aliphatic heterocycles. The van der Waals surface area contributed by atoms with Crippen LogP contribution in [0.3, 0.4) is 0 Å². The molecule has 0 bridgehead atoms. The molecule has 1 saturated carbocycles. The van der Waals surface area contributed by atoms with Gasteiger partial charge < -0.3 is 10.1 Å². The molecule has 1 aliphatic carbocycles. The zero-order chi connectivity index (χ0) is 20.7. The number of amides is 1. The number of hydrogen-bond acceptors (Lipinski definition) is 5. The van der Waals surface area contributed by atoms with Crippen molar-refractivity contribution in [3.63, 3.8) is 0 Å². The van der Waals surface area contributed by atoms with Crippen molar-refractivity contribution in [3.05, 3.63) is 29.3 Å². The first kappa shape index (κ1) is 22.4. The Hall–Kier alpha value is -1.93. The summed E-state index contributed by atoms with van der Waals surface area (Å²) in [4.78, 5) is 24.3. The van der Waals surface area contributed by atoms with Crippen LogP contribution in [0.5, 0.6) is 0 Å². The number of carbonyl (C=O) groups is 2. The van der Waals surface area contributed by atoms with Gasteiger partial charge in [0.05, 0.1) is 4.90 Å². The Morgan fingerprint density at radius 2 is 1.75 bits per heavy atom. The summed E-state index contributed by atoms with van der Waals surface area (Å²) >= 11 is 0. The van der Waals surface area contributed by atoms with E-state index in [-0.39, 0.29) is 16.8 Å². The lowest BCUT2D eigenvalue weighted by Gasteiger charge is -2.19. The fraction of sp³-hybridized carbons (Fsp3) is 0.600. The van der Waals surface area contributed by atoms with E-state index < -0.39 is 28.6 Å². The largest absolute Gasteiger partial charge is 0.452 e. The van der Waals surface area contributed by atoms with E-state index in [0.717, 1.165) is 36.8 Å². The Bertz CT molecular complexity index is 799. The molecule has 156 valence electrons. The third-order valence-electron chi connectivity index (χ3n) is 5.07. The molecule has 1 amide bonds. The zero-order valence-electron chi connectivity index (χ0n) is 16.8. The van der Waals surface area contributed by atoms with Gasteiger partial charge in [-0.2, -0.15) is 4.72 Å². The molecule has 1 aliphatic rings. The highest BCUT2D eigenvalue weighted by molar-refractivity contribution is 7.89. The summed E-state index contributed by atoms with van der Waals surface area (Å²) in [5, 5.41) is 2.92. The van der Waals surface area contributed by atoms with Gasteiger partial charge in [0, 0.05) is 6.04 Å². The van der Waals surface area contributed by atoms with Crippen LogP contribution in [-0.2, 0) is 24.3 Å². The van der Waals surface area contributed by atoms with Crippen LogP contribution in [0, 0.1) is 13.8 Å². The SMILES string of the molecule is Cc1ccc(S(=O)(=O)NCC(=O)O[C@@H](C)C(=O)NC2CCCCCC2)cc1C. The monoisotopic (exact) mass is 410 g/mol. The molecule has 2 rings (SSSR count). The van der Waals surface area contributed by atoms with Gasteiger partial charge in [-0.3, -0.25) is 9.59 Å². The van der Waals surface area contributed by atoms with E-state index in [1.807, 2.05) is 13.8 Å². The van der Waals surface area contributed by atoms with Crippen LogP contribution < -0.4 is 10.0 Å². The summed E-state index contributed by atoms with van der Waals surface area (Å²) in [6.07, 6.45) is 5.42. The summed E-state index contributed by atoms with van der Waals surface area (Å²) in [5.74, 6) is -1.15. The van der Waals surface area contributed by atoms with E-state index in [1.165, 1.54) is 25.8 Å². The summed E-state index contributed by atoms with van der Waals surface area (Å²) in [6.45, 7) is 4.66. The Kier molecular flexibility index (Phi) is 8.00. The van der Waals surface area contributed by atoms with Gasteiger partial charge in [-0.15, -0.1) is 0 Å². The number of aryl methyl sites for hydroxylation is 2. The van der Waals surface area contributed by atoms with Gasteiger partial charge in [-0.1, -0.05) is 31.7 Å². The fourth-order valence-electron chi connectivity index (χ4n) is 3.15.